The molecule has 0 radical (unpaired) electrons. The van der Waals surface area contributed by atoms with Gasteiger partial charge in [-0.3, -0.25) is 9.59 Å². The molecule has 2 aliphatic rings. The summed E-state index contributed by atoms with van der Waals surface area (Å²) in [5.74, 6) is 0.214. The van der Waals surface area contributed by atoms with Gasteiger partial charge in [0.25, 0.3) is 0 Å². The van der Waals surface area contributed by atoms with E-state index in [2.05, 4.69) is 0 Å². The van der Waals surface area contributed by atoms with Gasteiger partial charge in [-0.15, -0.1) is 0 Å². The van der Waals surface area contributed by atoms with E-state index in [1.807, 2.05) is 13.8 Å². The molecule has 0 aromatic carbocycles. The van der Waals surface area contributed by atoms with Crippen LogP contribution in [0.5, 0.6) is 0 Å². The zero-order valence-electron chi connectivity index (χ0n) is 10.4. The molecule has 96 valence electrons. The van der Waals surface area contributed by atoms with Crippen LogP contribution in [-0.4, -0.2) is 59.0 Å². The Balaban J connectivity index is 1.88. The third kappa shape index (κ3) is 2.29. The number of likely N-dealkylation sites (tertiary alicyclic amines) is 2. The van der Waals surface area contributed by atoms with Gasteiger partial charge in [0.15, 0.2) is 0 Å². The van der Waals surface area contributed by atoms with Crippen LogP contribution in [0.25, 0.3) is 0 Å². The van der Waals surface area contributed by atoms with Crippen molar-refractivity contribution in [3.63, 3.8) is 0 Å². The fourth-order valence-corrected chi connectivity index (χ4v) is 2.52. The fourth-order valence-electron chi connectivity index (χ4n) is 2.52. The van der Waals surface area contributed by atoms with E-state index < -0.39 is 0 Å². The maximum absolute atomic E-state index is 12.1. The maximum Gasteiger partial charge on any atom is 0.228 e. The van der Waals surface area contributed by atoms with Gasteiger partial charge in [0.2, 0.25) is 11.8 Å². The van der Waals surface area contributed by atoms with E-state index in [0.29, 0.717) is 26.1 Å². The minimum absolute atomic E-state index is 0.0752. The second-order valence-corrected chi connectivity index (χ2v) is 5.33. The van der Waals surface area contributed by atoms with Crippen LogP contribution >= 0.6 is 0 Å². The lowest BCUT2D eigenvalue weighted by molar-refractivity contribution is -0.142. The first-order chi connectivity index (χ1) is 8.02. The van der Waals surface area contributed by atoms with Crippen molar-refractivity contribution in [3.8, 4) is 0 Å². The lowest BCUT2D eigenvalue weighted by atomic mass is 9.97. The molecule has 2 saturated heterocycles. The van der Waals surface area contributed by atoms with Gasteiger partial charge in [-0.05, 0) is 13.8 Å². The minimum atomic E-state index is -0.176. The molecule has 5 heteroatoms. The average Bonchev–Trinajstić information content (AvgIpc) is 2.58. The van der Waals surface area contributed by atoms with Crippen molar-refractivity contribution in [2.75, 3.05) is 26.2 Å². The summed E-state index contributed by atoms with van der Waals surface area (Å²) in [5.41, 5.74) is 0. The van der Waals surface area contributed by atoms with Crippen LogP contribution in [0.2, 0.25) is 0 Å². The Morgan fingerprint density at radius 1 is 1.41 bits per heavy atom. The summed E-state index contributed by atoms with van der Waals surface area (Å²) in [5, 5.41) is 8.91. The van der Waals surface area contributed by atoms with Gasteiger partial charge in [-0.25, -0.2) is 0 Å². The van der Waals surface area contributed by atoms with E-state index in [1.54, 1.807) is 9.80 Å². The van der Waals surface area contributed by atoms with Gasteiger partial charge in [0.05, 0.1) is 5.92 Å². The summed E-state index contributed by atoms with van der Waals surface area (Å²) in [4.78, 5) is 27.3. The van der Waals surface area contributed by atoms with Gasteiger partial charge < -0.3 is 14.9 Å². The number of nitrogens with zero attached hydrogens (tertiary/aromatic N) is 2. The highest BCUT2D eigenvalue weighted by molar-refractivity contribution is 5.89. The molecule has 2 fully saturated rings. The average molecular weight is 240 g/mol. The van der Waals surface area contributed by atoms with E-state index in [9.17, 15) is 9.59 Å². The van der Waals surface area contributed by atoms with Crippen LogP contribution in [0.3, 0.4) is 0 Å². The molecule has 1 atom stereocenters. The topological polar surface area (TPSA) is 60.9 Å². The molecule has 0 aromatic heterocycles. The number of hydrogen-bond acceptors (Lipinski definition) is 3. The van der Waals surface area contributed by atoms with E-state index >= 15 is 0 Å². The molecular weight excluding hydrogens is 220 g/mol. The number of carbonyl (C=O) groups excluding carboxylic acids is 2. The van der Waals surface area contributed by atoms with Crippen molar-refractivity contribution in [1.29, 1.82) is 0 Å². The molecule has 17 heavy (non-hydrogen) atoms. The lowest BCUT2D eigenvalue weighted by Crippen LogP contribution is -2.53. The fraction of sp³-hybridized carbons (Fsp3) is 0.833. The molecular formula is C12H20N2O3. The number of amides is 2. The summed E-state index contributed by atoms with van der Waals surface area (Å²) in [7, 11) is 0. The van der Waals surface area contributed by atoms with Gasteiger partial charge in [-0.2, -0.15) is 0 Å². The molecule has 0 aliphatic carbocycles. The molecule has 2 heterocycles. The molecule has 1 unspecified atom stereocenters. The highest BCUT2D eigenvalue weighted by Crippen LogP contribution is 2.25. The Kier molecular flexibility index (Phi) is 3.38. The number of carbonyl (C=O) groups is 2. The summed E-state index contributed by atoms with van der Waals surface area (Å²) in [6.45, 7) is 5.91. The van der Waals surface area contributed by atoms with E-state index in [4.69, 9.17) is 5.11 Å². The quantitative estimate of drug-likeness (QED) is 0.736. The van der Waals surface area contributed by atoms with Crippen LogP contribution < -0.4 is 0 Å². The van der Waals surface area contributed by atoms with Crippen LogP contribution in [0.4, 0.5) is 0 Å². The molecule has 2 rings (SSSR count). The minimum Gasteiger partial charge on any atom is -0.396 e. The predicted octanol–water partition coefficient (Wildman–Crippen LogP) is -0.306. The summed E-state index contributed by atoms with van der Waals surface area (Å²) in [6.07, 6.45) is 0.345. The molecule has 0 bridgehead atoms. The predicted molar refractivity (Wildman–Crippen MR) is 62.1 cm³/mol. The summed E-state index contributed by atoms with van der Waals surface area (Å²) >= 11 is 0. The second kappa shape index (κ2) is 4.64. The number of aliphatic hydroxyl groups is 1. The van der Waals surface area contributed by atoms with Crippen molar-refractivity contribution in [2.45, 2.75) is 26.3 Å². The molecule has 0 spiro atoms. The van der Waals surface area contributed by atoms with Crippen molar-refractivity contribution >= 4 is 11.8 Å². The summed E-state index contributed by atoms with van der Waals surface area (Å²) in [6, 6.07) is 0.168. The molecule has 2 amide bonds. The SMILES string of the molecule is CC(C)N1CC(C(=O)N2CC(CO)C2)CC1=O. The molecule has 1 N–H and O–H groups in total. The second-order valence-electron chi connectivity index (χ2n) is 5.33. The Morgan fingerprint density at radius 2 is 2.06 bits per heavy atom. The Hall–Kier alpha value is -1.10. The molecule has 0 saturated carbocycles. The number of hydrogen-bond donors (Lipinski definition) is 1. The Morgan fingerprint density at radius 3 is 2.53 bits per heavy atom. The monoisotopic (exact) mass is 240 g/mol. The van der Waals surface area contributed by atoms with Crippen LogP contribution in [0.1, 0.15) is 20.3 Å². The first kappa shape index (κ1) is 12.4. The van der Waals surface area contributed by atoms with E-state index in [1.165, 1.54) is 0 Å². The van der Waals surface area contributed by atoms with Crippen molar-refractivity contribution in [2.24, 2.45) is 11.8 Å². The largest absolute Gasteiger partial charge is 0.396 e. The Labute approximate surface area is 101 Å². The maximum atomic E-state index is 12.1. The van der Waals surface area contributed by atoms with Gasteiger partial charge in [0.1, 0.15) is 0 Å². The Bertz CT molecular complexity index is 324. The van der Waals surface area contributed by atoms with Gasteiger partial charge in [0, 0.05) is 44.6 Å². The molecule has 2 aliphatic heterocycles. The first-order valence-corrected chi connectivity index (χ1v) is 6.22. The normalized spacial score (nSPS) is 25.6. The standard InChI is InChI=1S/C12H20N2O3/c1-8(2)14-6-10(3-11(14)16)12(17)13-4-9(5-13)7-15/h8-10,15H,3-7H2,1-2H3. The first-order valence-electron chi connectivity index (χ1n) is 6.22. The van der Waals surface area contributed by atoms with Crippen LogP contribution in [0.15, 0.2) is 0 Å². The third-order valence-corrected chi connectivity index (χ3v) is 3.66. The highest BCUT2D eigenvalue weighted by Gasteiger charge is 2.40. The zero-order valence-corrected chi connectivity index (χ0v) is 10.4. The number of rotatable bonds is 3. The van der Waals surface area contributed by atoms with Crippen molar-refractivity contribution < 1.29 is 14.7 Å². The van der Waals surface area contributed by atoms with Crippen molar-refractivity contribution in [1.82, 2.24) is 9.80 Å². The number of aliphatic hydroxyl groups excluding tert-OH is 1. The highest BCUT2D eigenvalue weighted by atomic mass is 16.3. The van der Waals surface area contributed by atoms with Gasteiger partial charge in [-0.1, -0.05) is 0 Å². The van der Waals surface area contributed by atoms with Crippen molar-refractivity contribution in [3.05, 3.63) is 0 Å². The van der Waals surface area contributed by atoms with Gasteiger partial charge >= 0.3 is 0 Å². The van der Waals surface area contributed by atoms with Crippen LogP contribution in [0, 0.1) is 11.8 Å². The van der Waals surface area contributed by atoms with Crippen LogP contribution in [-0.2, 0) is 9.59 Å². The summed E-state index contributed by atoms with van der Waals surface area (Å²) < 4.78 is 0. The zero-order chi connectivity index (χ0) is 12.6. The smallest absolute Gasteiger partial charge is 0.228 e. The molecule has 5 nitrogen and oxygen atoms in total. The van der Waals surface area contributed by atoms with E-state index in [0.717, 1.165) is 0 Å². The third-order valence-electron chi connectivity index (χ3n) is 3.66. The lowest BCUT2D eigenvalue weighted by Gasteiger charge is -2.39. The van der Waals surface area contributed by atoms with E-state index in [-0.39, 0.29) is 36.3 Å². The molecule has 0 aromatic rings.